The number of benzene rings is 1. The first-order valence-corrected chi connectivity index (χ1v) is 8.29. The van der Waals surface area contributed by atoms with Crippen molar-refractivity contribution in [1.82, 2.24) is 9.88 Å². The highest BCUT2D eigenvalue weighted by molar-refractivity contribution is 5.94. The molecule has 1 saturated heterocycles. The second kappa shape index (κ2) is 7.34. The fourth-order valence-electron chi connectivity index (χ4n) is 3.23. The van der Waals surface area contributed by atoms with Crippen LogP contribution in [0.25, 0.3) is 0 Å². The van der Waals surface area contributed by atoms with Crippen molar-refractivity contribution in [2.45, 2.75) is 25.2 Å². The van der Waals surface area contributed by atoms with Gasteiger partial charge in [0.05, 0.1) is 7.11 Å². The largest absolute Gasteiger partial charge is 0.497 e. The van der Waals surface area contributed by atoms with E-state index < -0.39 is 0 Å². The van der Waals surface area contributed by atoms with Crippen LogP contribution in [-0.2, 0) is 0 Å². The highest BCUT2D eigenvalue weighted by Gasteiger charge is 2.24. The van der Waals surface area contributed by atoms with Crippen LogP contribution in [0.5, 0.6) is 5.75 Å². The predicted octanol–water partition coefficient (Wildman–Crippen LogP) is 2.79. The number of carbonyl (C=O) groups excluding carboxylic acids is 1. The average molecular weight is 326 g/mol. The summed E-state index contributed by atoms with van der Waals surface area (Å²) in [6.07, 6.45) is 4.66. The van der Waals surface area contributed by atoms with Gasteiger partial charge in [-0.05, 0) is 36.6 Å². The molecule has 0 radical (unpaired) electrons. The number of likely N-dealkylation sites (tertiary alicyclic amines) is 1. The number of carbonyl (C=O) groups is 1. The molecule has 0 unspecified atom stereocenters. The molecule has 1 aromatic carbocycles. The van der Waals surface area contributed by atoms with Crippen molar-refractivity contribution in [2.75, 3.05) is 20.2 Å². The maximum atomic E-state index is 12.7. The standard InChI is InChI=1S/C19H22N2O3/c1-24-17-7-5-14(6-8-17)16-4-2-3-11-21(13-16)19(23)15-9-10-20-18(22)12-15/h5-10,12,16H,2-4,11,13H2,1H3,(H,20,22)/t16-/m1/s1. The van der Waals surface area contributed by atoms with Crippen LogP contribution in [0.2, 0.25) is 0 Å². The summed E-state index contributed by atoms with van der Waals surface area (Å²) in [6, 6.07) is 11.1. The lowest BCUT2D eigenvalue weighted by Gasteiger charge is -2.25. The second-order valence-electron chi connectivity index (χ2n) is 6.16. The van der Waals surface area contributed by atoms with Crippen molar-refractivity contribution in [1.29, 1.82) is 0 Å². The molecule has 0 saturated carbocycles. The number of methoxy groups -OCH3 is 1. The fourth-order valence-corrected chi connectivity index (χ4v) is 3.23. The minimum absolute atomic E-state index is 0.0680. The van der Waals surface area contributed by atoms with Crippen LogP contribution >= 0.6 is 0 Å². The number of nitrogens with one attached hydrogen (secondary N) is 1. The molecule has 1 aromatic heterocycles. The molecule has 0 spiro atoms. The Kier molecular flexibility index (Phi) is 4.99. The Labute approximate surface area is 141 Å². The second-order valence-corrected chi connectivity index (χ2v) is 6.16. The van der Waals surface area contributed by atoms with E-state index in [1.54, 1.807) is 13.2 Å². The number of rotatable bonds is 3. The molecule has 5 heteroatoms. The molecule has 1 aliphatic heterocycles. The van der Waals surface area contributed by atoms with E-state index in [0.717, 1.165) is 31.6 Å². The molecule has 1 atom stereocenters. The lowest BCUT2D eigenvalue weighted by Crippen LogP contribution is -2.34. The van der Waals surface area contributed by atoms with Crippen LogP contribution in [0.3, 0.4) is 0 Å². The molecule has 24 heavy (non-hydrogen) atoms. The van der Waals surface area contributed by atoms with Gasteiger partial charge in [-0.25, -0.2) is 0 Å². The van der Waals surface area contributed by atoms with Crippen molar-refractivity contribution in [3.8, 4) is 5.75 Å². The maximum absolute atomic E-state index is 12.7. The molecular weight excluding hydrogens is 304 g/mol. The summed E-state index contributed by atoms with van der Waals surface area (Å²) >= 11 is 0. The van der Waals surface area contributed by atoms with Crippen molar-refractivity contribution in [3.63, 3.8) is 0 Å². The summed E-state index contributed by atoms with van der Waals surface area (Å²) < 4.78 is 5.21. The topological polar surface area (TPSA) is 62.4 Å². The van der Waals surface area contributed by atoms with Crippen LogP contribution in [0, 0.1) is 0 Å². The van der Waals surface area contributed by atoms with Gasteiger partial charge in [0.15, 0.2) is 0 Å². The molecule has 0 bridgehead atoms. The van der Waals surface area contributed by atoms with E-state index in [4.69, 9.17) is 4.74 Å². The molecule has 1 N–H and O–H groups in total. The quantitative estimate of drug-likeness (QED) is 0.943. The first-order valence-electron chi connectivity index (χ1n) is 8.29. The molecule has 2 heterocycles. The SMILES string of the molecule is COc1ccc([C@@H]2CCCCN(C(=O)c3cc[nH]c(=O)c3)C2)cc1. The van der Waals surface area contributed by atoms with E-state index in [1.165, 1.54) is 17.8 Å². The van der Waals surface area contributed by atoms with Crippen LogP contribution in [0.4, 0.5) is 0 Å². The molecule has 1 fully saturated rings. The zero-order valence-corrected chi connectivity index (χ0v) is 13.8. The van der Waals surface area contributed by atoms with Crippen LogP contribution < -0.4 is 10.3 Å². The van der Waals surface area contributed by atoms with Crippen LogP contribution in [-0.4, -0.2) is 36.0 Å². The summed E-state index contributed by atoms with van der Waals surface area (Å²) in [4.78, 5) is 28.6. The number of hydrogen-bond donors (Lipinski definition) is 1. The van der Waals surface area contributed by atoms with E-state index in [-0.39, 0.29) is 11.5 Å². The summed E-state index contributed by atoms with van der Waals surface area (Å²) in [5.41, 5.74) is 1.43. The van der Waals surface area contributed by atoms with Crippen LogP contribution in [0.1, 0.15) is 41.1 Å². The van der Waals surface area contributed by atoms with Gasteiger partial charge in [-0.3, -0.25) is 9.59 Å². The Bertz CT molecular complexity index is 752. The van der Waals surface area contributed by atoms with Gasteiger partial charge in [-0.15, -0.1) is 0 Å². The number of amides is 1. The van der Waals surface area contributed by atoms with Crippen molar-refractivity contribution in [3.05, 3.63) is 64.1 Å². The van der Waals surface area contributed by atoms with E-state index in [9.17, 15) is 9.59 Å². The number of hydrogen-bond acceptors (Lipinski definition) is 3. The van der Waals surface area contributed by atoms with Crippen LogP contribution in [0.15, 0.2) is 47.4 Å². The normalized spacial score (nSPS) is 18.0. The van der Waals surface area contributed by atoms with E-state index >= 15 is 0 Å². The van der Waals surface area contributed by atoms with Crippen molar-refractivity contribution in [2.24, 2.45) is 0 Å². The lowest BCUT2D eigenvalue weighted by atomic mass is 9.94. The minimum atomic E-state index is -0.248. The monoisotopic (exact) mass is 326 g/mol. The number of H-pyrrole nitrogens is 1. The number of aromatic nitrogens is 1. The third kappa shape index (κ3) is 3.67. The summed E-state index contributed by atoms with van der Waals surface area (Å²) in [5.74, 6) is 1.08. The summed E-state index contributed by atoms with van der Waals surface area (Å²) in [5, 5.41) is 0. The fraction of sp³-hybridized carbons (Fsp3) is 0.368. The molecule has 2 aromatic rings. The Morgan fingerprint density at radius 1 is 1.21 bits per heavy atom. The van der Waals surface area contributed by atoms with E-state index in [1.807, 2.05) is 17.0 Å². The third-order valence-electron chi connectivity index (χ3n) is 4.57. The van der Waals surface area contributed by atoms with Gasteiger partial charge in [-0.1, -0.05) is 18.6 Å². The Morgan fingerprint density at radius 3 is 2.71 bits per heavy atom. The van der Waals surface area contributed by atoms with Gasteiger partial charge in [0.25, 0.3) is 5.91 Å². The molecule has 0 aliphatic carbocycles. The Hall–Kier alpha value is -2.56. The molecule has 3 rings (SSSR count). The molecule has 1 aliphatic rings. The zero-order valence-electron chi connectivity index (χ0n) is 13.8. The van der Waals surface area contributed by atoms with Gasteiger partial charge in [0.1, 0.15) is 5.75 Å². The number of nitrogens with zero attached hydrogens (tertiary/aromatic N) is 1. The first-order chi connectivity index (χ1) is 11.7. The summed E-state index contributed by atoms with van der Waals surface area (Å²) in [6.45, 7) is 1.41. The molecule has 5 nitrogen and oxygen atoms in total. The van der Waals surface area contributed by atoms with E-state index in [2.05, 4.69) is 17.1 Å². The van der Waals surface area contributed by atoms with Crippen molar-refractivity contribution < 1.29 is 9.53 Å². The lowest BCUT2D eigenvalue weighted by molar-refractivity contribution is 0.0754. The van der Waals surface area contributed by atoms with Gasteiger partial charge in [-0.2, -0.15) is 0 Å². The van der Waals surface area contributed by atoms with Gasteiger partial charge >= 0.3 is 0 Å². The van der Waals surface area contributed by atoms with Gasteiger partial charge in [0, 0.05) is 36.8 Å². The third-order valence-corrected chi connectivity index (χ3v) is 4.57. The van der Waals surface area contributed by atoms with Gasteiger partial charge < -0.3 is 14.6 Å². The Morgan fingerprint density at radius 2 is 2.00 bits per heavy atom. The predicted molar refractivity (Wildman–Crippen MR) is 92.6 cm³/mol. The average Bonchev–Trinajstić information content (AvgIpc) is 2.87. The van der Waals surface area contributed by atoms with E-state index in [0.29, 0.717) is 18.0 Å². The summed E-state index contributed by atoms with van der Waals surface area (Å²) in [7, 11) is 1.66. The number of aromatic amines is 1. The Balaban J connectivity index is 1.79. The minimum Gasteiger partial charge on any atom is -0.497 e. The molecule has 126 valence electrons. The highest BCUT2D eigenvalue weighted by Crippen LogP contribution is 2.28. The maximum Gasteiger partial charge on any atom is 0.254 e. The highest BCUT2D eigenvalue weighted by atomic mass is 16.5. The van der Waals surface area contributed by atoms with Gasteiger partial charge in [0.2, 0.25) is 5.56 Å². The van der Waals surface area contributed by atoms with Crippen molar-refractivity contribution >= 4 is 5.91 Å². The zero-order chi connectivity index (χ0) is 16.9. The number of ether oxygens (including phenoxy) is 1. The first kappa shape index (κ1) is 16.3. The smallest absolute Gasteiger partial charge is 0.254 e. The number of pyridine rings is 1. The molecule has 1 amide bonds. The molecular formula is C19H22N2O3.